The summed E-state index contributed by atoms with van der Waals surface area (Å²) in [4.78, 5) is 11.5. The van der Waals surface area contributed by atoms with Gasteiger partial charge in [-0.25, -0.2) is 12.7 Å². The van der Waals surface area contributed by atoms with Crippen molar-refractivity contribution in [1.29, 1.82) is 0 Å². The lowest BCUT2D eigenvalue weighted by molar-refractivity contribution is -0.127. The first kappa shape index (κ1) is 10.9. The molecule has 2 aliphatic heterocycles. The van der Waals surface area contributed by atoms with Crippen LogP contribution in [0.5, 0.6) is 0 Å². The van der Waals surface area contributed by atoms with E-state index >= 15 is 0 Å². The van der Waals surface area contributed by atoms with Crippen LogP contribution < -0.4 is 5.32 Å². The summed E-state index contributed by atoms with van der Waals surface area (Å²) in [5.74, 6) is 0.189. The Labute approximate surface area is 89.9 Å². The molecule has 6 heteroatoms. The molecule has 2 fully saturated rings. The van der Waals surface area contributed by atoms with Crippen LogP contribution in [0.3, 0.4) is 0 Å². The summed E-state index contributed by atoms with van der Waals surface area (Å²) < 4.78 is 24.4. The molecular formula is C9H16N2O3S. The second-order valence-corrected chi connectivity index (χ2v) is 6.22. The van der Waals surface area contributed by atoms with Crippen LogP contribution >= 0.6 is 0 Å². The lowest BCUT2D eigenvalue weighted by Crippen LogP contribution is -2.44. The SMILES string of the molecule is O=C1CCCS(=O)(=O)N1CC1CCNC1. The molecule has 1 atom stereocenters. The Hall–Kier alpha value is -0.620. The minimum absolute atomic E-state index is 0.124. The van der Waals surface area contributed by atoms with Gasteiger partial charge in [-0.15, -0.1) is 0 Å². The van der Waals surface area contributed by atoms with Gasteiger partial charge in [0.1, 0.15) is 0 Å². The van der Waals surface area contributed by atoms with E-state index in [9.17, 15) is 13.2 Å². The van der Waals surface area contributed by atoms with Gasteiger partial charge in [0.05, 0.1) is 5.75 Å². The maximum Gasteiger partial charge on any atom is 0.237 e. The molecule has 2 rings (SSSR count). The molecule has 0 aliphatic carbocycles. The first-order valence-corrected chi connectivity index (χ1v) is 6.94. The van der Waals surface area contributed by atoms with Crippen molar-refractivity contribution >= 4 is 15.9 Å². The molecule has 2 aliphatic rings. The fraction of sp³-hybridized carbons (Fsp3) is 0.889. The van der Waals surface area contributed by atoms with Crippen molar-refractivity contribution in [1.82, 2.24) is 9.62 Å². The van der Waals surface area contributed by atoms with Gasteiger partial charge in [0.25, 0.3) is 0 Å². The number of hydrogen-bond donors (Lipinski definition) is 1. The summed E-state index contributed by atoms with van der Waals surface area (Å²) in [6.45, 7) is 2.11. The number of carbonyl (C=O) groups is 1. The summed E-state index contributed by atoms with van der Waals surface area (Å²) in [6, 6.07) is 0. The molecule has 1 unspecified atom stereocenters. The van der Waals surface area contributed by atoms with E-state index < -0.39 is 10.0 Å². The maximum atomic E-state index is 11.7. The highest BCUT2D eigenvalue weighted by Crippen LogP contribution is 2.19. The van der Waals surface area contributed by atoms with E-state index in [0.717, 1.165) is 23.8 Å². The summed E-state index contributed by atoms with van der Waals surface area (Å²) in [6.07, 6.45) is 1.80. The number of amides is 1. The van der Waals surface area contributed by atoms with Gasteiger partial charge in [-0.3, -0.25) is 4.79 Å². The Balaban J connectivity index is 2.06. The van der Waals surface area contributed by atoms with Crippen LogP contribution in [0.25, 0.3) is 0 Å². The summed E-state index contributed by atoms with van der Waals surface area (Å²) in [5.41, 5.74) is 0. The predicted molar refractivity (Wildman–Crippen MR) is 55.7 cm³/mol. The van der Waals surface area contributed by atoms with E-state index in [1.807, 2.05) is 0 Å². The van der Waals surface area contributed by atoms with Gasteiger partial charge in [0, 0.05) is 13.0 Å². The molecule has 1 amide bonds. The van der Waals surface area contributed by atoms with E-state index in [1.54, 1.807) is 0 Å². The molecule has 2 heterocycles. The Bertz CT molecular complexity index is 346. The van der Waals surface area contributed by atoms with Gasteiger partial charge in [0.15, 0.2) is 0 Å². The highest BCUT2D eigenvalue weighted by molar-refractivity contribution is 7.89. The minimum Gasteiger partial charge on any atom is -0.316 e. The third-order valence-corrected chi connectivity index (χ3v) is 4.82. The summed E-state index contributed by atoms with van der Waals surface area (Å²) in [5, 5.41) is 3.17. The van der Waals surface area contributed by atoms with Gasteiger partial charge >= 0.3 is 0 Å². The average molecular weight is 232 g/mol. The van der Waals surface area contributed by atoms with E-state index in [-0.39, 0.29) is 11.7 Å². The molecular weight excluding hydrogens is 216 g/mol. The predicted octanol–water partition coefficient (Wildman–Crippen LogP) is -0.452. The number of nitrogens with zero attached hydrogens (tertiary/aromatic N) is 1. The first-order chi connectivity index (χ1) is 7.09. The van der Waals surface area contributed by atoms with E-state index in [2.05, 4.69) is 5.32 Å². The highest BCUT2D eigenvalue weighted by atomic mass is 32.2. The second kappa shape index (κ2) is 4.09. The standard InChI is InChI=1S/C9H16N2O3S/c12-9-2-1-5-15(13,14)11(9)7-8-3-4-10-6-8/h8,10H,1-7H2. The van der Waals surface area contributed by atoms with Crippen LogP contribution in [0.1, 0.15) is 19.3 Å². The second-order valence-electron chi connectivity index (χ2n) is 4.20. The van der Waals surface area contributed by atoms with Crippen molar-refractivity contribution in [3.05, 3.63) is 0 Å². The molecule has 2 saturated heterocycles. The van der Waals surface area contributed by atoms with Crippen molar-refractivity contribution in [2.24, 2.45) is 5.92 Å². The largest absolute Gasteiger partial charge is 0.316 e. The lowest BCUT2D eigenvalue weighted by atomic mass is 10.1. The van der Waals surface area contributed by atoms with E-state index in [4.69, 9.17) is 0 Å². The van der Waals surface area contributed by atoms with Crippen LogP contribution in [-0.4, -0.2) is 44.0 Å². The fourth-order valence-corrected chi connectivity index (χ4v) is 3.68. The molecule has 0 spiro atoms. The summed E-state index contributed by atoms with van der Waals surface area (Å²) >= 11 is 0. The van der Waals surface area contributed by atoms with Crippen LogP contribution in [0, 0.1) is 5.92 Å². The van der Waals surface area contributed by atoms with Crippen LogP contribution in [0.15, 0.2) is 0 Å². The lowest BCUT2D eigenvalue weighted by Gasteiger charge is -2.28. The number of hydrogen-bond acceptors (Lipinski definition) is 4. The molecule has 0 radical (unpaired) electrons. The Kier molecular flexibility index (Phi) is 2.97. The smallest absolute Gasteiger partial charge is 0.237 e. The Morgan fingerprint density at radius 3 is 2.87 bits per heavy atom. The molecule has 15 heavy (non-hydrogen) atoms. The van der Waals surface area contributed by atoms with Crippen molar-refractivity contribution < 1.29 is 13.2 Å². The molecule has 0 aromatic rings. The molecule has 0 aromatic carbocycles. The van der Waals surface area contributed by atoms with Gasteiger partial charge in [-0.1, -0.05) is 0 Å². The maximum absolute atomic E-state index is 11.7. The topological polar surface area (TPSA) is 66.5 Å². The molecule has 1 N–H and O–H groups in total. The average Bonchev–Trinajstić information content (AvgIpc) is 2.63. The van der Waals surface area contributed by atoms with Crippen molar-refractivity contribution in [3.63, 3.8) is 0 Å². The Morgan fingerprint density at radius 2 is 2.27 bits per heavy atom. The Morgan fingerprint density at radius 1 is 1.47 bits per heavy atom. The monoisotopic (exact) mass is 232 g/mol. The van der Waals surface area contributed by atoms with Crippen LogP contribution in [0.2, 0.25) is 0 Å². The summed E-state index contributed by atoms with van der Waals surface area (Å²) in [7, 11) is -3.30. The zero-order valence-corrected chi connectivity index (χ0v) is 9.42. The van der Waals surface area contributed by atoms with Gasteiger partial charge < -0.3 is 5.32 Å². The number of nitrogens with one attached hydrogen (secondary N) is 1. The van der Waals surface area contributed by atoms with E-state index in [0.29, 0.717) is 25.3 Å². The zero-order chi connectivity index (χ0) is 10.9. The van der Waals surface area contributed by atoms with Gasteiger partial charge in [0.2, 0.25) is 15.9 Å². The van der Waals surface area contributed by atoms with Gasteiger partial charge in [-0.2, -0.15) is 0 Å². The van der Waals surface area contributed by atoms with Crippen LogP contribution in [-0.2, 0) is 14.8 Å². The van der Waals surface area contributed by atoms with Gasteiger partial charge in [-0.05, 0) is 31.8 Å². The van der Waals surface area contributed by atoms with Crippen LogP contribution in [0.4, 0.5) is 0 Å². The molecule has 0 aromatic heterocycles. The zero-order valence-electron chi connectivity index (χ0n) is 8.61. The quantitative estimate of drug-likeness (QED) is 0.700. The van der Waals surface area contributed by atoms with E-state index in [1.165, 1.54) is 0 Å². The third-order valence-electron chi connectivity index (χ3n) is 2.99. The van der Waals surface area contributed by atoms with Crippen molar-refractivity contribution in [2.45, 2.75) is 19.3 Å². The fourth-order valence-electron chi connectivity index (χ4n) is 2.12. The minimum atomic E-state index is -3.30. The number of carbonyl (C=O) groups excluding carboxylic acids is 1. The highest BCUT2D eigenvalue weighted by Gasteiger charge is 2.33. The van der Waals surface area contributed by atoms with Crippen molar-refractivity contribution in [3.8, 4) is 0 Å². The number of sulfonamides is 1. The van der Waals surface area contributed by atoms with Crippen molar-refractivity contribution in [2.75, 3.05) is 25.4 Å². The first-order valence-electron chi connectivity index (χ1n) is 5.33. The number of rotatable bonds is 2. The normalized spacial score (nSPS) is 30.8. The molecule has 0 saturated carbocycles. The molecule has 0 bridgehead atoms. The third kappa shape index (κ3) is 2.31. The molecule has 86 valence electrons. The molecule has 5 nitrogen and oxygen atoms in total.